The second kappa shape index (κ2) is 7.87. The minimum atomic E-state index is -1.12. The Morgan fingerprint density at radius 3 is 2.17 bits per heavy atom. The molecule has 2 rings (SSSR count). The van der Waals surface area contributed by atoms with Crippen LogP contribution in [0.5, 0.6) is 0 Å². The molecule has 1 heterocycles. The van der Waals surface area contributed by atoms with Crippen LogP contribution in [-0.4, -0.2) is 46.0 Å². The summed E-state index contributed by atoms with van der Waals surface area (Å²) < 4.78 is 0. The first-order valence-electron chi connectivity index (χ1n) is 7.90. The van der Waals surface area contributed by atoms with Crippen molar-refractivity contribution >= 4 is 17.8 Å². The number of carbonyl (C=O) groups excluding carboxylic acids is 2. The Bertz CT molecular complexity index is 611. The van der Waals surface area contributed by atoms with Crippen molar-refractivity contribution in [2.45, 2.75) is 38.5 Å². The van der Waals surface area contributed by atoms with Crippen LogP contribution in [0.1, 0.15) is 69.6 Å². The van der Waals surface area contributed by atoms with Crippen molar-refractivity contribution in [1.29, 1.82) is 0 Å². The third-order valence-corrected chi connectivity index (χ3v) is 4.01. The molecule has 0 saturated heterocycles. The lowest BCUT2D eigenvalue weighted by Crippen LogP contribution is -2.30. The van der Waals surface area contributed by atoms with Crippen LogP contribution in [0.2, 0.25) is 0 Å². The molecule has 23 heavy (non-hydrogen) atoms. The molecule has 2 N–H and O–H groups in total. The molecule has 0 aliphatic carbocycles. The van der Waals surface area contributed by atoms with E-state index in [-0.39, 0.29) is 29.2 Å². The van der Waals surface area contributed by atoms with Gasteiger partial charge in [-0.1, -0.05) is 25.7 Å². The Morgan fingerprint density at radius 2 is 1.52 bits per heavy atom. The monoisotopic (exact) mass is 319 g/mol. The number of hydrogen-bond donors (Lipinski definition) is 2. The number of fused-ring (bicyclic) bond motifs is 1. The number of carboxylic acids is 1. The predicted molar refractivity (Wildman–Crippen MR) is 83.6 cm³/mol. The van der Waals surface area contributed by atoms with E-state index in [1.807, 2.05) is 0 Å². The highest BCUT2D eigenvalue weighted by atomic mass is 16.4. The largest absolute Gasteiger partial charge is 0.478 e. The van der Waals surface area contributed by atoms with Crippen LogP contribution in [0.25, 0.3) is 0 Å². The molecule has 6 nitrogen and oxygen atoms in total. The Kier molecular flexibility index (Phi) is 5.87. The lowest BCUT2D eigenvalue weighted by atomic mass is 10.1. The van der Waals surface area contributed by atoms with E-state index in [9.17, 15) is 14.4 Å². The van der Waals surface area contributed by atoms with Gasteiger partial charge in [-0.2, -0.15) is 0 Å². The van der Waals surface area contributed by atoms with Crippen LogP contribution in [0.15, 0.2) is 18.2 Å². The molecule has 0 radical (unpaired) electrons. The molecule has 1 aliphatic rings. The highest BCUT2D eigenvalue weighted by Gasteiger charge is 2.35. The molecule has 6 heteroatoms. The SMILES string of the molecule is O=C(O)c1ccc2c(c1)C(=O)N(CCCCCCCCO)C2=O. The Balaban J connectivity index is 1.89. The molecule has 1 aromatic rings. The number of amides is 2. The summed E-state index contributed by atoms with van der Waals surface area (Å²) in [5.74, 6) is -1.87. The second-order valence-electron chi connectivity index (χ2n) is 5.67. The minimum absolute atomic E-state index is 0.00985. The average molecular weight is 319 g/mol. The Hall–Kier alpha value is -2.21. The fraction of sp³-hybridized carbons (Fsp3) is 0.471. The third-order valence-electron chi connectivity index (χ3n) is 4.01. The average Bonchev–Trinajstić information content (AvgIpc) is 2.78. The zero-order chi connectivity index (χ0) is 16.8. The molecular weight excluding hydrogens is 298 g/mol. The molecule has 0 saturated carbocycles. The van der Waals surface area contributed by atoms with Crippen molar-refractivity contribution in [1.82, 2.24) is 4.90 Å². The smallest absolute Gasteiger partial charge is 0.335 e. The van der Waals surface area contributed by atoms with E-state index in [0.717, 1.165) is 38.5 Å². The number of hydrogen-bond acceptors (Lipinski definition) is 4. The van der Waals surface area contributed by atoms with Crippen LogP contribution in [0.4, 0.5) is 0 Å². The number of imide groups is 1. The molecule has 124 valence electrons. The molecule has 0 unspecified atom stereocenters. The van der Waals surface area contributed by atoms with Gasteiger partial charge in [0, 0.05) is 13.2 Å². The third kappa shape index (κ3) is 3.96. The molecule has 0 aromatic heterocycles. The maximum Gasteiger partial charge on any atom is 0.335 e. The molecule has 0 fully saturated rings. The van der Waals surface area contributed by atoms with Gasteiger partial charge in [0.2, 0.25) is 0 Å². The molecule has 0 atom stereocenters. The standard InChI is InChI=1S/C17H21NO5/c19-10-6-4-2-1-3-5-9-18-15(20)13-8-7-12(17(22)23)11-14(13)16(18)21/h7-8,11,19H,1-6,9-10H2,(H,22,23). The molecule has 2 amide bonds. The van der Waals surface area contributed by atoms with E-state index < -0.39 is 11.9 Å². The summed E-state index contributed by atoms with van der Waals surface area (Å²) in [5.41, 5.74) is 0.469. The van der Waals surface area contributed by atoms with E-state index in [2.05, 4.69) is 0 Å². The van der Waals surface area contributed by atoms with Crippen molar-refractivity contribution in [3.8, 4) is 0 Å². The lowest BCUT2D eigenvalue weighted by molar-refractivity contribution is 0.0649. The van der Waals surface area contributed by atoms with Gasteiger partial charge in [-0.05, 0) is 31.0 Å². The van der Waals surface area contributed by atoms with Gasteiger partial charge in [0.05, 0.1) is 16.7 Å². The van der Waals surface area contributed by atoms with Gasteiger partial charge in [-0.25, -0.2) is 4.79 Å². The number of carboxylic acid groups (broad SMARTS) is 1. The molecule has 1 aromatic carbocycles. The van der Waals surface area contributed by atoms with Crippen LogP contribution in [0.3, 0.4) is 0 Å². The summed E-state index contributed by atoms with van der Waals surface area (Å²) in [6, 6.07) is 4.03. The molecule has 1 aliphatic heterocycles. The number of benzene rings is 1. The van der Waals surface area contributed by atoms with Gasteiger partial charge in [0.15, 0.2) is 0 Å². The van der Waals surface area contributed by atoms with E-state index in [1.165, 1.54) is 23.1 Å². The van der Waals surface area contributed by atoms with Crippen LogP contribution in [0, 0.1) is 0 Å². The van der Waals surface area contributed by atoms with Crippen LogP contribution in [-0.2, 0) is 0 Å². The number of carbonyl (C=O) groups is 3. The van der Waals surface area contributed by atoms with Crippen molar-refractivity contribution < 1.29 is 24.6 Å². The molecule has 0 bridgehead atoms. The normalized spacial score (nSPS) is 13.5. The Morgan fingerprint density at radius 1 is 0.913 bits per heavy atom. The predicted octanol–water partition coefficient (Wildman–Crippen LogP) is 2.31. The van der Waals surface area contributed by atoms with Crippen molar-refractivity contribution in [3.05, 3.63) is 34.9 Å². The first-order valence-corrected chi connectivity index (χ1v) is 7.90. The fourth-order valence-electron chi connectivity index (χ4n) is 2.72. The quantitative estimate of drug-likeness (QED) is 0.538. The van der Waals surface area contributed by atoms with Crippen LogP contribution < -0.4 is 0 Å². The second-order valence-corrected chi connectivity index (χ2v) is 5.67. The first kappa shape index (κ1) is 17.1. The highest BCUT2D eigenvalue weighted by molar-refractivity contribution is 6.21. The number of unbranched alkanes of at least 4 members (excludes halogenated alkanes) is 5. The number of aliphatic hydroxyl groups is 1. The summed E-state index contributed by atoms with van der Waals surface area (Å²) in [6.45, 7) is 0.572. The first-order chi connectivity index (χ1) is 11.1. The zero-order valence-corrected chi connectivity index (χ0v) is 13.0. The number of aromatic carboxylic acids is 1. The van der Waals surface area contributed by atoms with Gasteiger partial charge in [-0.3, -0.25) is 14.5 Å². The maximum absolute atomic E-state index is 12.3. The van der Waals surface area contributed by atoms with Crippen molar-refractivity contribution in [2.75, 3.05) is 13.2 Å². The van der Waals surface area contributed by atoms with Crippen molar-refractivity contribution in [3.63, 3.8) is 0 Å². The zero-order valence-electron chi connectivity index (χ0n) is 13.0. The van der Waals surface area contributed by atoms with Gasteiger partial charge in [0.1, 0.15) is 0 Å². The summed E-state index contributed by atoms with van der Waals surface area (Å²) in [6.07, 6.45) is 5.48. The number of nitrogens with zero attached hydrogens (tertiary/aromatic N) is 1. The van der Waals surface area contributed by atoms with E-state index in [1.54, 1.807) is 0 Å². The summed E-state index contributed by atoms with van der Waals surface area (Å²) in [5, 5.41) is 17.7. The van der Waals surface area contributed by atoms with Gasteiger partial charge >= 0.3 is 5.97 Å². The van der Waals surface area contributed by atoms with Gasteiger partial charge in [0.25, 0.3) is 11.8 Å². The van der Waals surface area contributed by atoms with Crippen LogP contribution >= 0.6 is 0 Å². The van der Waals surface area contributed by atoms with E-state index in [0.29, 0.717) is 6.54 Å². The van der Waals surface area contributed by atoms with Gasteiger partial charge in [-0.15, -0.1) is 0 Å². The fourth-order valence-corrected chi connectivity index (χ4v) is 2.72. The topological polar surface area (TPSA) is 94.9 Å². The van der Waals surface area contributed by atoms with E-state index in [4.69, 9.17) is 10.2 Å². The highest BCUT2D eigenvalue weighted by Crippen LogP contribution is 2.24. The maximum atomic E-state index is 12.3. The molecular formula is C17H21NO5. The lowest BCUT2D eigenvalue weighted by Gasteiger charge is -2.13. The summed E-state index contributed by atoms with van der Waals surface area (Å²) in [4.78, 5) is 36.7. The summed E-state index contributed by atoms with van der Waals surface area (Å²) in [7, 11) is 0. The molecule has 0 spiro atoms. The number of rotatable bonds is 9. The Labute approximate surface area is 134 Å². The summed E-state index contributed by atoms with van der Waals surface area (Å²) >= 11 is 0. The minimum Gasteiger partial charge on any atom is -0.478 e. The van der Waals surface area contributed by atoms with E-state index >= 15 is 0 Å². The van der Waals surface area contributed by atoms with Gasteiger partial charge < -0.3 is 10.2 Å². The van der Waals surface area contributed by atoms with Crippen molar-refractivity contribution in [2.24, 2.45) is 0 Å². The number of aliphatic hydroxyl groups excluding tert-OH is 1.